The average molecular weight is 426 g/mol. The van der Waals surface area contributed by atoms with Gasteiger partial charge in [0.25, 0.3) is 0 Å². The third kappa shape index (κ3) is 6.52. The highest BCUT2D eigenvalue weighted by atomic mass is 32.2. The molecule has 3 aromatic rings. The number of carbonyl (C=O) groups excluding carboxylic acids is 1. The second-order valence-electron chi connectivity index (χ2n) is 6.71. The Morgan fingerprint density at radius 1 is 0.933 bits per heavy atom. The largest absolute Gasteiger partial charge is 0.497 e. The molecule has 0 aliphatic rings. The zero-order valence-corrected chi connectivity index (χ0v) is 17.7. The summed E-state index contributed by atoms with van der Waals surface area (Å²) in [6.45, 7) is 2.71. The van der Waals surface area contributed by atoms with Crippen LogP contribution in [-0.4, -0.2) is 18.3 Å². The standard InChI is InChI=1S/C24H24FNO3S/c1-17(30-23-13-11-21(28-2)12-14-23)24(27)26-15-18-5-9-22(10-6-18)29-16-19-3-7-20(25)8-4-19/h3-14,17H,15-16H2,1-2H3,(H,26,27)/t17-/m1/s1. The number of rotatable bonds is 9. The Labute approximate surface area is 180 Å². The van der Waals surface area contributed by atoms with Gasteiger partial charge >= 0.3 is 0 Å². The topological polar surface area (TPSA) is 47.6 Å². The van der Waals surface area contributed by atoms with Crippen molar-refractivity contribution in [2.45, 2.75) is 30.2 Å². The monoisotopic (exact) mass is 425 g/mol. The summed E-state index contributed by atoms with van der Waals surface area (Å²) in [4.78, 5) is 13.4. The molecule has 0 saturated heterocycles. The number of hydrogen-bond acceptors (Lipinski definition) is 4. The highest BCUT2D eigenvalue weighted by Crippen LogP contribution is 2.25. The van der Waals surface area contributed by atoms with Gasteiger partial charge in [-0.1, -0.05) is 24.3 Å². The number of ether oxygens (including phenoxy) is 2. The fourth-order valence-electron chi connectivity index (χ4n) is 2.70. The lowest BCUT2D eigenvalue weighted by atomic mass is 10.2. The lowest BCUT2D eigenvalue weighted by Crippen LogP contribution is -2.30. The molecule has 3 rings (SSSR count). The summed E-state index contributed by atoms with van der Waals surface area (Å²) in [5.74, 6) is 1.23. The van der Waals surface area contributed by atoms with Crippen molar-refractivity contribution in [2.24, 2.45) is 0 Å². The van der Waals surface area contributed by atoms with Crippen molar-refractivity contribution < 1.29 is 18.7 Å². The summed E-state index contributed by atoms with van der Waals surface area (Å²) in [6.07, 6.45) is 0. The van der Waals surface area contributed by atoms with Crippen molar-refractivity contribution >= 4 is 17.7 Å². The van der Waals surface area contributed by atoms with Gasteiger partial charge in [0.2, 0.25) is 5.91 Å². The molecule has 0 heterocycles. The van der Waals surface area contributed by atoms with Crippen LogP contribution in [0.4, 0.5) is 4.39 Å². The van der Waals surface area contributed by atoms with Gasteiger partial charge in [0.05, 0.1) is 12.4 Å². The minimum atomic E-state index is -0.262. The van der Waals surface area contributed by atoms with E-state index in [2.05, 4.69) is 5.32 Å². The second kappa shape index (κ2) is 10.7. The molecule has 0 aliphatic heterocycles. The molecule has 1 atom stereocenters. The number of halogens is 1. The van der Waals surface area contributed by atoms with Crippen LogP contribution < -0.4 is 14.8 Å². The Bertz CT molecular complexity index is 944. The van der Waals surface area contributed by atoms with Crippen molar-refractivity contribution in [1.82, 2.24) is 5.32 Å². The third-order valence-electron chi connectivity index (χ3n) is 4.45. The van der Waals surface area contributed by atoms with E-state index >= 15 is 0 Å². The first-order valence-corrected chi connectivity index (χ1v) is 10.5. The van der Waals surface area contributed by atoms with Gasteiger partial charge in [0.15, 0.2) is 0 Å². The van der Waals surface area contributed by atoms with Gasteiger partial charge in [-0.2, -0.15) is 0 Å². The Kier molecular flexibility index (Phi) is 7.74. The predicted octanol–water partition coefficient (Wildman–Crippen LogP) is 5.21. The van der Waals surface area contributed by atoms with Crippen molar-refractivity contribution in [2.75, 3.05) is 7.11 Å². The van der Waals surface area contributed by atoms with E-state index in [1.807, 2.05) is 55.5 Å². The van der Waals surface area contributed by atoms with Crippen molar-refractivity contribution in [1.29, 1.82) is 0 Å². The first-order chi connectivity index (χ1) is 14.5. The quantitative estimate of drug-likeness (QED) is 0.478. The van der Waals surface area contributed by atoms with Gasteiger partial charge in [-0.05, 0) is 66.6 Å². The van der Waals surface area contributed by atoms with Crippen LogP contribution in [0.1, 0.15) is 18.1 Å². The molecule has 0 aliphatic carbocycles. The zero-order chi connectivity index (χ0) is 21.3. The van der Waals surface area contributed by atoms with Gasteiger partial charge in [0, 0.05) is 11.4 Å². The van der Waals surface area contributed by atoms with Gasteiger partial charge in [0.1, 0.15) is 23.9 Å². The molecule has 30 heavy (non-hydrogen) atoms. The molecule has 0 radical (unpaired) electrons. The molecule has 0 fully saturated rings. The lowest BCUT2D eigenvalue weighted by molar-refractivity contribution is -0.120. The molecule has 4 nitrogen and oxygen atoms in total. The molecule has 156 valence electrons. The summed E-state index contributed by atoms with van der Waals surface area (Å²) < 4.78 is 23.8. The smallest absolute Gasteiger partial charge is 0.233 e. The van der Waals surface area contributed by atoms with Crippen LogP contribution in [0.5, 0.6) is 11.5 Å². The molecule has 1 N–H and O–H groups in total. The molecular weight excluding hydrogens is 401 g/mol. The fraction of sp³-hybridized carbons (Fsp3) is 0.208. The maximum Gasteiger partial charge on any atom is 0.233 e. The van der Waals surface area contributed by atoms with E-state index in [0.717, 1.165) is 27.5 Å². The summed E-state index contributed by atoms with van der Waals surface area (Å²) in [5, 5.41) is 2.75. The van der Waals surface area contributed by atoms with E-state index < -0.39 is 0 Å². The summed E-state index contributed by atoms with van der Waals surface area (Å²) in [7, 11) is 1.63. The van der Waals surface area contributed by atoms with Crippen LogP contribution in [0.15, 0.2) is 77.7 Å². The molecular formula is C24H24FNO3S. The van der Waals surface area contributed by atoms with E-state index in [4.69, 9.17) is 9.47 Å². The maximum absolute atomic E-state index is 12.9. The number of benzene rings is 3. The minimum absolute atomic E-state index is 0.0209. The van der Waals surface area contributed by atoms with Gasteiger partial charge in [-0.15, -0.1) is 11.8 Å². The minimum Gasteiger partial charge on any atom is -0.497 e. The van der Waals surface area contributed by atoms with Gasteiger partial charge < -0.3 is 14.8 Å². The summed E-state index contributed by atoms with van der Waals surface area (Å²) in [6, 6.07) is 21.4. The molecule has 0 unspecified atom stereocenters. The van der Waals surface area contributed by atoms with Gasteiger partial charge in [-0.25, -0.2) is 4.39 Å². The normalized spacial score (nSPS) is 11.6. The van der Waals surface area contributed by atoms with Crippen LogP contribution in [0.3, 0.4) is 0 Å². The first kappa shape index (κ1) is 21.7. The van der Waals surface area contributed by atoms with Crippen molar-refractivity contribution in [3.05, 3.63) is 89.7 Å². The average Bonchev–Trinajstić information content (AvgIpc) is 2.78. The zero-order valence-electron chi connectivity index (χ0n) is 16.9. The van der Waals surface area contributed by atoms with E-state index in [-0.39, 0.29) is 17.0 Å². The van der Waals surface area contributed by atoms with Crippen LogP contribution in [-0.2, 0) is 17.9 Å². The highest BCUT2D eigenvalue weighted by molar-refractivity contribution is 8.00. The van der Waals surface area contributed by atoms with Crippen molar-refractivity contribution in [3.63, 3.8) is 0 Å². The second-order valence-corrected chi connectivity index (χ2v) is 8.13. The number of hydrogen-bond donors (Lipinski definition) is 1. The molecule has 3 aromatic carbocycles. The predicted molar refractivity (Wildman–Crippen MR) is 117 cm³/mol. The highest BCUT2D eigenvalue weighted by Gasteiger charge is 2.14. The number of carbonyl (C=O) groups is 1. The lowest BCUT2D eigenvalue weighted by Gasteiger charge is -2.13. The SMILES string of the molecule is COc1ccc(S[C@H](C)C(=O)NCc2ccc(OCc3ccc(F)cc3)cc2)cc1. The van der Waals surface area contributed by atoms with Crippen LogP contribution in [0, 0.1) is 5.82 Å². The Morgan fingerprint density at radius 2 is 1.53 bits per heavy atom. The number of thioether (sulfide) groups is 1. The van der Waals surface area contributed by atoms with Gasteiger partial charge in [-0.3, -0.25) is 4.79 Å². The summed E-state index contributed by atoms with van der Waals surface area (Å²) in [5.41, 5.74) is 1.88. The first-order valence-electron chi connectivity index (χ1n) is 9.58. The number of methoxy groups -OCH3 is 1. The maximum atomic E-state index is 12.9. The fourth-order valence-corrected chi connectivity index (χ4v) is 3.59. The Morgan fingerprint density at radius 3 is 2.17 bits per heavy atom. The molecule has 0 saturated carbocycles. The molecule has 1 amide bonds. The van der Waals surface area contributed by atoms with E-state index in [1.54, 1.807) is 19.2 Å². The Balaban J connectivity index is 1.44. The van der Waals surface area contributed by atoms with Crippen LogP contribution >= 0.6 is 11.8 Å². The van der Waals surface area contributed by atoms with E-state index in [0.29, 0.717) is 13.2 Å². The van der Waals surface area contributed by atoms with E-state index in [1.165, 1.54) is 23.9 Å². The molecule has 0 aromatic heterocycles. The van der Waals surface area contributed by atoms with Crippen LogP contribution in [0.25, 0.3) is 0 Å². The summed E-state index contributed by atoms with van der Waals surface area (Å²) >= 11 is 1.50. The number of nitrogens with one attached hydrogen (secondary N) is 1. The molecule has 0 spiro atoms. The van der Waals surface area contributed by atoms with E-state index in [9.17, 15) is 9.18 Å². The Hall–Kier alpha value is -2.99. The molecule has 6 heteroatoms. The molecule has 0 bridgehead atoms. The number of amides is 1. The van der Waals surface area contributed by atoms with Crippen molar-refractivity contribution in [3.8, 4) is 11.5 Å². The third-order valence-corrected chi connectivity index (χ3v) is 5.56. The van der Waals surface area contributed by atoms with Crippen LogP contribution in [0.2, 0.25) is 0 Å².